The maximum absolute atomic E-state index is 2.35. The van der Waals surface area contributed by atoms with Crippen LogP contribution >= 0.6 is 0 Å². The van der Waals surface area contributed by atoms with E-state index < -0.39 is 0 Å². The van der Waals surface area contributed by atoms with Crippen LogP contribution in [-0.4, -0.2) is 0 Å². The van der Waals surface area contributed by atoms with Crippen molar-refractivity contribution in [2.75, 3.05) is 0 Å². The molecule has 0 nitrogen and oxygen atoms in total. The molecule has 0 aromatic heterocycles. The predicted octanol–water partition coefficient (Wildman–Crippen LogP) is 3.26. The molecule has 0 N–H and O–H groups in total. The van der Waals surface area contributed by atoms with Gasteiger partial charge in [0.15, 0.2) is 0 Å². The molecule has 0 unspecified atom stereocenters. The first-order valence-electron chi connectivity index (χ1n) is 4.58. The highest BCUT2D eigenvalue weighted by atomic mass is 14.1. The van der Waals surface area contributed by atoms with Gasteiger partial charge in [0.25, 0.3) is 0 Å². The summed E-state index contributed by atoms with van der Waals surface area (Å²) in [5.74, 6) is 0. The molecular weight excluding hydrogens is 144 g/mol. The van der Waals surface area contributed by atoms with Gasteiger partial charge in [-0.15, -0.1) is 0 Å². The Bertz CT molecular complexity index is 290. The average Bonchev–Trinajstić information content (AvgIpc) is 2.00. The molecule has 1 aromatic rings. The van der Waals surface area contributed by atoms with Gasteiger partial charge in [0.1, 0.15) is 0 Å². The van der Waals surface area contributed by atoms with E-state index in [-0.39, 0.29) is 0 Å². The zero-order chi connectivity index (χ0) is 8.39. The lowest BCUT2D eigenvalue weighted by atomic mass is 9.92. The van der Waals surface area contributed by atoms with Crippen molar-refractivity contribution in [1.82, 2.24) is 0 Å². The highest BCUT2D eigenvalue weighted by Crippen LogP contribution is 2.22. The number of hydrogen-bond acceptors (Lipinski definition) is 0. The van der Waals surface area contributed by atoms with Crippen molar-refractivity contribution in [1.29, 1.82) is 0 Å². The third kappa shape index (κ3) is 1.58. The van der Waals surface area contributed by atoms with E-state index >= 15 is 0 Å². The zero-order valence-corrected chi connectivity index (χ0v) is 7.51. The van der Waals surface area contributed by atoms with Crippen LogP contribution in [0.3, 0.4) is 0 Å². The van der Waals surface area contributed by atoms with Gasteiger partial charge in [0, 0.05) is 0 Å². The Hall–Kier alpha value is -1.04. The molecule has 1 aromatic carbocycles. The molecule has 0 fully saturated rings. The summed E-state index contributed by atoms with van der Waals surface area (Å²) in [6.07, 6.45) is 6.12. The van der Waals surface area contributed by atoms with Gasteiger partial charge in [-0.2, -0.15) is 0 Å². The molecule has 0 bridgehead atoms. The van der Waals surface area contributed by atoms with E-state index in [0.29, 0.717) is 0 Å². The normalized spacial score (nSPS) is 15.2. The molecule has 0 atom stereocenters. The molecule has 0 aliphatic heterocycles. The van der Waals surface area contributed by atoms with Crippen molar-refractivity contribution in [2.24, 2.45) is 0 Å². The molecule has 0 spiro atoms. The lowest BCUT2D eigenvalue weighted by Crippen LogP contribution is -1.97. The second-order valence-corrected chi connectivity index (χ2v) is 3.56. The molecule has 0 radical (unpaired) electrons. The third-order valence-electron chi connectivity index (χ3n) is 2.45. The Morgan fingerprint density at radius 1 is 1.17 bits per heavy atom. The molecule has 1 aliphatic rings. The summed E-state index contributed by atoms with van der Waals surface area (Å²) in [7, 11) is 0. The van der Waals surface area contributed by atoms with Crippen molar-refractivity contribution in [2.45, 2.75) is 26.2 Å². The highest BCUT2D eigenvalue weighted by Gasteiger charge is 2.05. The Morgan fingerprint density at radius 2 is 1.83 bits per heavy atom. The molecule has 12 heavy (non-hydrogen) atoms. The van der Waals surface area contributed by atoms with Crippen molar-refractivity contribution < 1.29 is 0 Å². The van der Waals surface area contributed by atoms with Crippen LogP contribution in [0.4, 0.5) is 0 Å². The Balaban J connectivity index is 2.08. The van der Waals surface area contributed by atoms with Crippen LogP contribution in [0.5, 0.6) is 0 Å². The summed E-state index contributed by atoms with van der Waals surface area (Å²) < 4.78 is 0. The van der Waals surface area contributed by atoms with Crippen LogP contribution in [0.15, 0.2) is 35.9 Å². The van der Waals surface area contributed by atoms with Gasteiger partial charge in [-0.25, -0.2) is 0 Å². The zero-order valence-electron chi connectivity index (χ0n) is 7.51. The van der Waals surface area contributed by atoms with Crippen molar-refractivity contribution in [3.63, 3.8) is 0 Å². The molecule has 0 saturated carbocycles. The monoisotopic (exact) mass is 158 g/mol. The van der Waals surface area contributed by atoms with Gasteiger partial charge in [0.05, 0.1) is 0 Å². The minimum Gasteiger partial charge on any atom is -0.0847 e. The Kier molecular flexibility index (Phi) is 1.99. The number of allylic oxidation sites excluding steroid dienone is 2. The first kappa shape index (κ1) is 7.60. The van der Waals surface area contributed by atoms with Crippen molar-refractivity contribution in [3.8, 4) is 0 Å². The fourth-order valence-electron chi connectivity index (χ4n) is 1.48. The first-order chi connectivity index (χ1) is 5.84. The first-order valence-corrected chi connectivity index (χ1v) is 4.58. The summed E-state index contributed by atoms with van der Waals surface area (Å²) in [5, 5.41) is 0. The van der Waals surface area contributed by atoms with Gasteiger partial charge in [0.2, 0.25) is 0 Å². The SMILES string of the molecule is Cc1ccc(CC2=CCC2)cc1. The van der Waals surface area contributed by atoms with Gasteiger partial charge < -0.3 is 0 Å². The van der Waals surface area contributed by atoms with E-state index in [9.17, 15) is 0 Å². The van der Waals surface area contributed by atoms with Crippen LogP contribution in [0.25, 0.3) is 0 Å². The summed E-state index contributed by atoms with van der Waals surface area (Å²) in [6, 6.07) is 8.84. The van der Waals surface area contributed by atoms with Crippen LogP contribution in [0, 0.1) is 6.92 Å². The van der Waals surface area contributed by atoms with E-state index in [1.54, 1.807) is 5.57 Å². The number of rotatable bonds is 2. The summed E-state index contributed by atoms with van der Waals surface area (Å²) in [6.45, 7) is 2.13. The van der Waals surface area contributed by atoms with Crippen LogP contribution in [-0.2, 0) is 6.42 Å². The molecular formula is C12H14. The maximum Gasteiger partial charge on any atom is -0.00670 e. The molecule has 0 heteroatoms. The average molecular weight is 158 g/mol. The standard InChI is InChI=1S/C12H14/c1-10-5-7-12(8-6-10)9-11-3-2-4-11/h3,5-8H,2,4,9H2,1H3. The van der Waals surface area contributed by atoms with Crippen LogP contribution < -0.4 is 0 Å². The minimum absolute atomic E-state index is 1.17. The van der Waals surface area contributed by atoms with E-state index in [1.165, 1.54) is 30.4 Å². The van der Waals surface area contributed by atoms with E-state index in [0.717, 1.165) is 0 Å². The number of benzene rings is 1. The topological polar surface area (TPSA) is 0 Å². The molecule has 1 aliphatic carbocycles. The molecule has 0 heterocycles. The highest BCUT2D eigenvalue weighted by molar-refractivity contribution is 5.27. The third-order valence-corrected chi connectivity index (χ3v) is 2.45. The lowest BCUT2D eigenvalue weighted by molar-refractivity contribution is 0.829. The molecule has 62 valence electrons. The molecule has 0 amide bonds. The second kappa shape index (κ2) is 3.14. The number of hydrogen-bond donors (Lipinski definition) is 0. The van der Waals surface area contributed by atoms with E-state index in [4.69, 9.17) is 0 Å². The van der Waals surface area contributed by atoms with E-state index in [2.05, 4.69) is 37.3 Å². The van der Waals surface area contributed by atoms with Crippen LogP contribution in [0.1, 0.15) is 24.0 Å². The molecule has 0 saturated heterocycles. The largest absolute Gasteiger partial charge is 0.0847 e. The fraction of sp³-hybridized carbons (Fsp3) is 0.333. The minimum atomic E-state index is 1.17. The van der Waals surface area contributed by atoms with Crippen molar-refractivity contribution in [3.05, 3.63) is 47.0 Å². The van der Waals surface area contributed by atoms with E-state index in [1.807, 2.05) is 0 Å². The summed E-state index contributed by atoms with van der Waals surface area (Å²) >= 11 is 0. The predicted molar refractivity (Wildman–Crippen MR) is 52.2 cm³/mol. The number of aryl methyl sites for hydroxylation is 1. The summed E-state index contributed by atoms with van der Waals surface area (Å²) in [4.78, 5) is 0. The Morgan fingerprint density at radius 3 is 2.33 bits per heavy atom. The summed E-state index contributed by atoms with van der Waals surface area (Å²) in [5.41, 5.74) is 4.41. The van der Waals surface area contributed by atoms with Gasteiger partial charge in [-0.05, 0) is 31.7 Å². The van der Waals surface area contributed by atoms with Crippen LogP contribution in [0.2, 0.25) is 0 Å². The van der Waals surface area contributed by atoms with Crippen molar-refractivity contribution >= 4 is 0 Å². The van der Waals surface area contributed by atoms with Gasteiger partial charge >= 0.3 is 0 Å². The lowest BCUT2D eigenvalue weighted by Gasteiger charge is -2.13. The fourth-order valence-corrected chi connectivity index (χ4v) is 1.48. The quantitative estimate of drug-likeness (QED) is 0.579. The second-order valence-electron chi connectivity index (χ2n) is 3.56. The molecule has 2 rings (SSSR count). The smallest absolute Gasteiger partial charge is 0.00670 e. The van der Waals surface area contributed by atoms with Gasteiger partial charge in [-0.3, -0.25) is 0 Å². The maximum atomic E-state index is 2.35. The Labute approximate surface area is 73.9 Å². The van der Waals surface area contributed by atoms with Gasteiger partial charge in [-0.1, -0.05) is 41.5 Å².